The third-order valence-corrected chi connectivity index (χ3v) is 6.80. The highest BCUT2D eigenvalue weighted by Crippen LogP contribution is 2.34. The third-order valence-electron chi connectivity index (χ3n) is 6.80. The normalized spacial score (nSPS) is 12.5. The third kappa shape index (κ3) is 5.89. The molecule has 5 rings (SSSR count). The number of nitrogens with one attached hydrogen (secondary N) is 1. The van der Waals surface area contributed by atoms with Crippen LogP contribution < -0.4 is 5.32 Å². The summed E-state index contributed by atoms with van der Waals surface area (Å²) in [4.78, 5) is 12.0. The molecule has 1 heterocycles. The van der Waals surface area contributed by atoms with Crippen molar-refractivity contribution < 1.29 is 23.1 Å². The van der Waals surface area contributed by atoms with E-state index in [2.05, 4.69) is 9.88 Å². The lowest BCUT2D eigenvalue weighted by molar-refractivity contribution is -0.138. The first-order valence-corrected chi connectivity index (χ1v) is 12.6. The Labute approximate surface area is 224 Å². The van der Waals surface area contributed by atoms with Crippen molar-refractivity contribution in [3.8, 4) is 0 Å². The van der Waals surface area contributed by atoms with Crippen LogP contribution in [0.3, 0.4) is 0 Å². The molecule has 0 aliphatic heterocycles. The summed E-state index contributed by atoms with van der Waals surface area (Å²) in [6.45, 7) is 0.176. The lowest BCUT2D eigenvalue weighted by atomic mass is 10.0. The molecule has 0 aliphatic rings. The maximum atomic E-state index is 13.4. The highest BCUT2D eigenvalue weighted by atomic mass is 19.4. The number of para-hydroxylation sites is 1. The fourth-order valence-corrected chi connectivity index (χ4v) is 5.08. The molecule has 0 saturated heterocycles. The molecule has 1 atom stereocenters. The summed E-state index contributed by atoms with van der Waals surface area (Å²) in [5, 5.41) is 14.1. The molecular weight excluding hydrogens is 501 g/mol. The van der Waals surface area contributed by atoms with Crippen molar-refractivity contribution in [1.29, 1.82) is 0 Å². The van der Waals surface area contributed by atoms with Gasteiger partial charge in [-0.3, -0.25) is 10.1 Å². The fraction of sp³-hybridized carbons (Fsp3) is 0.156. The van der Waals surface area contributed by atoms with Crippen molar-refractivity contribution in [2.45, 2.75) is 31.7 Å². The van der Waals surface area contributed by atoms with Gasteiger partial charge in [0, 0.05) is 24.0 Å². The number of carboxylic acid groups (broad SMARTS) is 1. The van der Waals surface area contributed by atoms with Gasteiger partial charge in [-0.15, -0.1) is 0 Å². The molecule has 1 aromatic heterocycles. The maximum Gasteiger partial charge on any atom is 0.416 e. The van der Waals surface area contributed by atoms with Gasteiger partial charge in [-0.25, -0.2) is 0 Å². The second kappa shape index (κ2) is 11.2. The zero-order chi connectivity index (χ0) is 27.4. The van der Waals surface area contributed by atoms with Crippen molar-refractivity contribution in [2.75, 3.05) is 0 Å². The molecule has 0 fully saturated rings. The lowest BCUT2D eigenvalue weighted by Crippen LogP contribution is -2.29. The number of nitrogens with zero attached hydrogens (tertiary/aromatic N) is 1. The van der Waals surface area contributed by atoms with Crippen molar-refractivity contribution in [3.63, 3.8) is 0 Å². The zero-order valence-electron chi connectivity index (χ0n) is 21.0. The smallest absolute Gasteiger partial charge is 0.416 e. The highest BCUT2D eigenvalue weighted by Gasteiger charge is 2.30. The van der Waals surface area contributed by atoms with Gasteiger partial charge in [-0.05, 0) is 34.4 Å². The Morgan fingerprint density at radius 1 is 0.821 bits per heavy atom. The Bertz CT molecular complexity index is 1580. The van der Waals surface area contributed by atoms with Gasteiger partial charge in [0.1, 0.15) is 6.17 Å². The topological polar surface area (TPSA) is 54.3 Å². The van der Waals surface area contributed by atoms with E-state index in [1.165, 1.54) is 6.07 Å². The van der Waals surface area contributed by atoms with Gasteiger partial charge in [0.2, 0.25) is 0 Å². The Hall–Kier alpha value is -4.36. The van der Waals surface area contributed by atoms with E-state index in [4.69, 9.17) is 0 Å². The number of benzene rings is 4. The predicted molar refractivity (Wildman–Crippen MR) is 145 cm³/mol. The van der Waals surface area contributed by atoms with E-state index in [1.807, 2.05) is 84.9 Å². The molecule has 198 valence electrons. The van der Waals surface area contributed by atoms with Gasteiger partial charge in [0.05, 0.1) is 17.5 Å². The van der Waals surface area contributed by atoms with Gasteiger partial charge in [-0.1, -0.05) is 97.1 Å². The molecule has 7 heteroatoms. The number of fused-ring (bicyclic) bond motifs is 1. The summed E-state index contributed by atoms with van der Waals surface area (Å²) in [7, 11) is 0. The van der Waals surface area contributed by atoms with Crippen LogP contribution in [0, 0.1) is 0 Å². The van der Waals surface area contributed by atoms with E-state index < -0.39 is 23.9 Å². The van der Waals surface area contributed by atoms with Gasteiger partial charge < -0.3 is 9.67 Å². The predicted octanol–water partition coefficient (Wildman–Crippen LogP) is 7.21. The van der Waals surface area contributed by atoms with Crippen LogP contribution in [0.5, 0.6) is 0 Å². The standard InChI is InChI=1S/C32H27F3N2O2/c33-32(34,35)25-15-9-12-23(18-25)21-36-31(24-13-5-2-6-14-24)37-28-17-8-7-16-26(28)27(20-30(38)39)29(37)19-22-10-3-1-4-11-22/h1-18,31,36H,19-21H2,(H,38,39). The van der Waals surface area contributed by atoms with Crippen LogP contribution in [0.15, 0.2) is 109 Å². The van der Waals surface area contributed by atoms with E-state index in [1.54, 1.807) is 6.07 Å². The molecule has 39 heavy (non-hydrogen) atoms. The van der Waals surface area contributed by atoms with Gasteiger partial charge >= 0.3 is 12.1 Å². The van der Waals surface area contributed by atoms with Crippen LogP contribution in [0.25, 0.3) is 10.9 Å². The molecule has 0 spiro atoms. The Balaban J connectivity index is 1.66. The highest BCUT2D eigenvalue weighted by molar-refractivity contribution is 5.89. The van der Waals surface area contributed by atoms with Crippen LogP contribution in [-0.4, -0.2) is 15.6 Å². The maximum absolute atomic E-state index is 13.4. The SMILES string of the molecule is O=C(O)Cc1c(Cc2ccccc2)n(C(NCc2cccc(C(F)(F)F)c2)c2ccccc2)c2ccccc12. The second-order valence-corrected chi connectivity index (χ2v) is 9.44. The zero-order valence-corrected chi connectivity index (χ0v) is 21.0. The van der Waals surface area contributed by atoms with Crippen molar-refractivity contribution in [1.82, 2.24) is 9.88 Å². The molecule has 0 saturated carbocycles. The summed E-state index contributed by atoms with van der Waals surface area (Å²) in [6.07, 6.45) is -4.55. The molecule has 2 N–H and O–H groups in total. The summed E-state index contributed by atoms with van der Waals surface area (Å²) in [5.74, 6) is -0.930. The number of carboxylic acids is 1. The average Bonchev–Trinajstić information content (AvgIpc) is 3.22. The first kappa shape index (κ1) is 26.3. The van der Waals surface area contributed by atoms with Crippen molar-refractivity contribution in [2.24, 2.45) is 0 Å². The number of alkyl halides is 3. The summed E-state index contributed by atoms with van der Waals surface area (Å²) in [5.41, 5.74) is 4.15. The molecular formula is C32H27F3N2O2. The minimum atomic E-state index is -4.43. The minimum absolute atomic E-state index is 0.148. The minimum Gasteiger partial charge on any atom is -0.481 e. The number of hydrogen-bond acceptors (Lipinski definition) is 2. The van der Waals surface area contributed by atoms with Crippen molar-refractivity contribution >= 4 is 16.9 Å². The largest absolute Gasteiger partial charge is 0.481 e. The number of halogens is 3. The van der Waals surface area contributed by atoms with Crippen LogP contribution in [0.4, 0.5) is 13.2 Å². The van der Waals surface area contributed by atoms with Crippen LogP contribution in [0.2, 0.25) is 0 Å². The van der Waals surface area contributed by atoms with Crippen molar-refractivity contribution in [3.05, 3.63) is 143 Å². The van der Waals surface area contributed by atoms with Gasteiger partial charge in [0.25, 0.3) is 0 Å². The summed E-state index contributed by atoms with van der Waals surface area (Å²) in [6, 6.07) is 32.4. The summed E-state index contributed by atoms with van der Waals surface area (Å²) >= 11 is 0. The first-order chi connectivity index (χ1) is 18.8. The Morgan fingerprint density at radius 2 is 1.46 bits per heavy atom. The molecule has 0 radical (unpaired) electrons. The quantitative estimate of drug-likeness (QED) is 0.213. The van der Waals surface area contributed by atoms with E-state index in [0.717, 1.165) is 45.4 Å². The number of rotatable bonds is 9. The van der Waals surface area contributed by atoms with Crippen LogP contribution >= 0.6 is 0 Å². The Kier molecular flexibility index (Phi) is 7.52. The van der Waals surface area contributed by atoms with E-state index in [0.29, 0.717) is 12.0 Å². The average molecular weight is 529 g/mol. The van der Waals surface area contributed by atoms with E-state index in [9.17, 15) is 23.1 Å². The van der Waals surface area contributed by atoms with Gasteiger partial charge in [-0.2, -0.15) is 13.2 Å². The monoisotopic (exact) mass is 528 g/mol. The second-order valence-electron chi connectivity index (χ2n) is 9.44. The molecule has 0 amide bonds. The van der Waals surface area contributed by atoms with Gasteiger partial charge in [0.15, 0.2) is 0 Å². The summed E-state index contributed by atoms with van der Waals surface area (Å²) < 4.78 is 42.2. The number of aliphatic carboxylic acids is 1. The molecule has 1 unspecified atom stereocenters. The molecule has 0 aliphatic carbocycles. The van der Waals surface area contributed by atoms with Crippen LogP contribution in [-0.2, 0) is 30.4 Å². The van der Waals surface area contributed by atoms with Crippen LogP contribution in [0.1, 0.15) is 39.7 Å². The first-order valence-electron chi connectivity index (χ1n) is 12.6. The molecule has 4 nitrogen and oxygen atoms in total. The molecule has 4 aromatic carbocycles. The Morgan fingerprint density at radius 3 is 2.15 bits per heavy atom. The number of carbonyl (C=O) groups is 1. The number of aromatic nitrogens is 1. The fourth-order valence-electron chi connectivity index (χ4n) is 5.08. The molecule has 5 aromatic rings. The van der Waals surface area contributed by atoms with E-state index in [-0.39, 0.29) is 13.0 Å². The van der Waals surface area contributed by atoms with E-state index >= 15 is 0 Å². The molecule has 0 bridgehead atoms. The number of hydrogen-bond donors (Lipinski definition) is 2. The lowest BCUT2D eigenvalue weighted by Gasteiger charge is -2.26.